The molecule has 5 rings (SSSR count). The molecule has 9 nitrogen and oxygen atoms in total. The molecule has 0 bridgehead atoms. The van der Waals surface area contributed by atoms with Crippen LogP contribution in [-0.2, 0) is 11.3 Å². The van der Waals surface area contributed by atoms with E-state index in [1.807, 2.05) is 41.6 Å². The summed E-state index contributed by atoms with van der Waals surface area (Å²) in [4.78, 5) is 11.8. The van der Waals surface area contributed by atoms with Crippen molar-refractivity contribution in [3.8, 4) is 11.1 Å². The monoisotopic (exact) mass is 474 g/mol. The number of allylic oxidation sites excluding steroid dienone is 2. The van der Waals surface area contributed by atoms with E-state index in [9.17, 15) is 0 Å². The first-order valence-electron chi connectivity index (χ1n) is 12.3. The molecule has 1 fully saturated rings. The highest BCUT2D eigenvalue weighted by molar-refractivity contribution is 5.81. The quantitative estimate of drug-likeness (QED) is 0.434. The molecule has 0 unspecified atom stereocenters. The number of ether oxygens (including phenoxy) is 1. The average Bonchev–Trinajstić information content (AvgIpc) is 3.29. The molecule has 9 heteroatoms. The van der Waals surface area contributed by atoms with Crippen LogP contribution in [-0.4, -0.2) is 56.5 Å². The standard InChI is InChI=1S/C26H34N8O/c1-17(2)19-10-26(32-28-12-19)31-25-6-5-23-24(30-25)9-20(11-27-23)21-13-29-34(14-21)7-8-35-22-15-33(16-22)18(3)4/h5-6,9-14,17-18,22,28,32H,7-8,15-16H2,1-4H3,(H,30,31). The summed E-state index contributed by atoms with van der Waals surface area (Å²) in [5, 5.41) is 7.86. The average molecular weight is 475 g/mol. The van der Waals surface area contributed by atoms with Gasteiger partial charge in [-0.1, -0.05) is 13.8 Å². The number of fused-ring (bicyclic) bond motifs is 1. The van der Waals surface area contributed by atoms with Gasteiger partial charge >= 0.3 is 0 Å². The van der Waals surface area contributed by atoms with Gasteiger partial charge in [0.2, 0.25) is 0 Å². The number of aromatic nitrogens is 4. The summed E-state index contributed by atoms with van der Waals surface area (Å²) in [5.74, 6) is 2.04. The Morgan fingerprint density at radius 3 is 2.77 bits per heavy atom. The SMILES string of the molecule is CC(C)C1=CNNC(Nc2ccc3ncc(-c4cnn(CCOC5CN(C(C)C)C5)c4)cc3n2)=C1. The number of hydrazine groups is 1. The van der Waals surface area contributed by atoms with E-state index in [0.717, 1.165) is 53.4 Å². The van der Waals surface area contributed by atoms with Crippen LogP contribution in [0.5, 0.6) is 0 Å². The Morgan fingerprint density at radius 2 is 1.97 bits per heavy atom. The first kappa shape index (κ1) is 23.3. The fourth-order valence-electron chi connectivity index (χ4n) is 4.16. The van der Waals surface area contributed by atoms with Gasteiger partial charge in [-0.3, -0.25) is 20.0 Å². The largest absolute Gasteiger partial charge is 0.374 e. The lowest BCUT2D eigenvalue weighted by molar-refractivity contribution is -0.0688. The first-order valence-corrected chi connectivity index (χ1v) is 12.3. The van der Waals surface area contributed by atoms with Gasteiger partial charge in [0.05, 0.1) is 36.5 Å². The molecule has 2 aliphatic heterocycles. The van der Waals surface area contributed by atoms with E-state index in [1.54, 1.807) is 0 Å². The van der Waals surface area contributed by atoms with E-state index >= 15 is 0 Å². The van der Waals surface area contributed by atoms with Gasteiger partial charge in [0.25, 0.3) is 0 Å². The van der Waals surface area contributed by atoms with Crippen molar-refractivity contribution in [3.63, 3.8) is 0 Å². The van der Waals surface area contributed by atoms with Gasteiger partial charge < -0.3 is 15.5 Å². The minimum Gasteiger partial charge on any atom is -0.374 e. The minimum absolute atomic E-state index is 0.342. The number of nitrogens with zero attached hydrogens (tertiary/aromatic N) is 5. The van der Waals surface area contributed by atoms with E-state index in [1.165, 1.54) is 5.57 Å². The Kier molecular flexibility index (Phi) is 6.70. The summed E-state index contributed by atoms with van der Waals surface area (Å²) >= 11 is 0. The highest BCUT2D eigenvalue weighted by Gasteiger charge is 2.28. The van der Waals surface area contributed by atoms with Crippen molar-refractivity contribution in [1.29, 1.82) is 0 Å². The summed E-state index contributed by atoms with van der Waals surface area (Å²) in [7, 11) is 0. The van der Waals surface area contributed by atoms with Crippen LogP contribution in [0.1, 0.15) is 27.7 Å². The number of hydrogen-bond acceptors (Lipinski definition) is 8. The van der Waals surface area contributed by atoms with Gasteiger partial charge in [-0.15, -0.1) is 0 Å². The Labute approximate surface area is 206 Å². The molecule has 0 amide bonds. The molecule has 1 saturated heterocycles. The number of likely N-dealkylation sites (tertiary alicyclic amines) is 1. The maximum absolute atomic E-state index is 5.98. The lowest BCUT2D eigenvalue weighted by atomic mass is 10.0. The maximum atomic E-state index is 5.98. The smallest absolute Gasteiger partial charge is 0.132 e. The lowest BCUT2D eigenvalue weighted by Gasteiger charge is -2.41. The zero-order chi connectivity index (χ0) is 24.4. The maximum Gasteiger partial charge on any atom is 0.132 e. The molecular weight excluding hydrogens is 440 g/mol. The van der Waals surface area contributed by atoms with E-state index in [4.69, 9.17) is 9.72 Å². The van der Waals surface area contributed by atoms with Crippen molar-refractivity contribution in [3.05, 3.63) is 60.5 Å². The van der Waals surface area contributed by atoms with Crippen LogP contribution < -0.4 is 16.2 Å². The molecule has 3 N–H and O–H groups in total. The van der Waals surface area contributed by atoms with Crippen molar-refractivity contribution >= 4 is 16.9 Å². The van der Waals surface area contributed by atoms with Crippen molar-refractivity contribution in [1.82, 2.24) is 35.5 Å². The van der Waals surface area contributed by atoms with Gasteiger partial charge in [0.1, 0.15) is 11.6 Å². The molecule has 0 aliphatic carbocycles. The Bertz CT molecular complexity index is 1240. The van der Waals surface area contributed by atoms with E-state index < -0.39 is 0 Å². The van der Waals surface area contributed by atoms with Crippen molar-refractivity contribution < 1.29 is 4.74 Å². The molecule has 5 heterocycles. The van der Waals surface area contributed by atoms with Gasteiger partial charge in [-0.2, -0.15) is 5.10 Å². The molecule has 0 aromatic carbocycles. The molecule has 0 radical (unpaired) electrons. The number of anilines is 1. The second-order valence-electron chi connectivity index (χ2n) is 9.74. The normalized spacial score (nSPS) is 16.6. The van der Waals surface area contributed by atoms with Crippen molar-refractivity contribution in [2.24, 2.45) is 5.92 Å². The Hall–Kier alpha value is -3.43. The highest BCUT2D eigenvalue weighted by atomic mass is 16.5. The predicted molar refractivity (Wildman–Crippen MR) is 138 cm³/mol. The molecule has 35 heavy (non-hydrogen) atoms. The number of rotatable bonds is 9. The zero-order valence-electron chi connectivity index (χ0n) is 20.8. The van der Waals surface area contributed by atoms with Crippen LogP contribution >= 0.6 is 0 Å². The van der Waals surface area contributed by atoms with E-state index in [-0.39, 0.29) is 0 Å². The summed E-state index contributed by atoms with van der Waals surface area (Å²) in [6, 6.07) is 6.56. The third kappa shape index (κ3) is 5.47. The first-order chi connectivity index (χ1) is 16.9. The summed E-state index contributed by atoms with van der Waals surface area (Å²) < 4.78 is 7.91. The minimum atomic E-state index is 0.342. The summed E-state index contributed by atoms with van der Waals surface area (Å²) in [5.41, 5.74) is 11.1. The lowest BCUT2D eigenvalue weighted by Crippen LogP contribution is -2.55. The zero-order valence-corrected chi connectivity index (χ0v) is 20.8. The molecular formula is C26H34N8O. The van der Waals surface area contributed by atoms with Crippen molar-refractivity contribution in [2.75, 3.05) is 25.0 Å². The topological polar surface area (TPSA) is 92.2 Å². The van der Waals surface area contributed by atoms with Gasteiger partial charge in [-0.25, -0.2) is 4.98 Å². The predicted octanol–water partition coefficient (Wildman–Crippen LogP) is 3.50. The number of hydrogen-bond donors (Lipinski definition) is 3. The van der Waals surface area contributed by atoms with Crippen LogP contribution in [0.15, 0.2) is 60.5 Å². The second-order valence-corrected chi connectivity index (χ2v) is 9.74. The Balaban J connectivity index is 1.22. The van der Waals surface area contributed by atoms with Crippen LogP contribution in [0.3, 0.4) is 0 Å². The van der Waals surface area contributed by atoms with Gasteiger partial charge in [-0.05, 0) is 49.6 Å². The van der Waals surface area contributed by atoms with Crippen LogP contribution in [0.4, 0.5) is 5.82 Å². The fourth-order valence-corrected chi connectivity index (χ4v) is 4.16. The number of nitrogens with one attached hydrogen (secondary N) is 3. The van der Waals surface area contributed by atoms with Crippen LogP contribution in [0, 0.1) is 5.92 Å². The van der Waals surface area contributed by atoms with Gasteiger partial charge in [0.15, 0.2) is 0 Å². The highest BCUT2D eigenvalue weighted by Crippen LogP contribution is 2.23. The van der Waals surface area contributed by atoms with Gasteiger partial charge in [0, 0.05) is 48.9 Å². The van der Waals surface area contributed by atoms with Crippen LogP contribution in [0.2, 0.25) is 0 Å². The molecule has 3 aromatic rings. The summed E-state index contributed by atoms with van der Waals surface area (Å²) in [6.07, 6.45) is 10.2. The summed E-state index contributed by atoms with van der Waals surface area (Å²) in [6.45, 7) is 12.2. The van der Waals surface area contributed by atoms with E-state index in [2.05, 4.69) is 71.0 Å². The fraction of sp³-hybridized carbons (Fsp3) is 0.423. The second kappa shape index (κ2) is 10.1. The molecule has 184 valence electrons. The molecule has 0 atom stereocenters. The van der Waals surface area contributed by atoms with Crippen LogP contribution in [0.25, 0.3) is 22.2 Å². The third-order valence-electron chi connectivity index (χ3n) is 6.47. The van der Waals surface area contributed by atoms with E-state index in [0.29, 0.717) is 24.7 Å². The molecule has 0 spiro atoms. The third-order valence-corrected chi connectivity index (χ3v) is 6.47. The molecule has 2 aliphatic rings. The molecule has 3 aromatic heterocycles. The van der Waals surface area contributed by atoms with Crippen molar-refractivity contribution in [2.45, 2.75) is 46.4 Å². The molecule has 0 saturated carbocycles. The number of pyridine rings is 2. The Morgan fingerprint density at radius 1 is 1.11 bits per heavy atom.